The predicted molar refractivity (Wildman–Crippen MR) is 50.6 cm³/mol. The molecule has 0 radical (unpaired) electrons. The largest absolute Gasteiger partial charge is 0.446 e. The molecule has 13 heavy (non-hydrogen) atoms. The fourth-order valence-corrected chi connectivity index (χ4v) is 0.897. The summed E-state index contributed by atoms with van der Waals surface area (Å²) < 4.78 is 4.73. The van der Waals surface area contributed by atoms with Crippen LogP contribution in [0.3, 0.4) is 0 Å². The third kappa shape index (κ3) is 6.51. The van der Waals surface area contributed by atoms with E-state index in [9.17, 15) is 4.79 Å². The van der Waals surface area contributed by atoms with Gasteiger partial charge in [-0.05, 0) is 26.3 Å². The average molecular weight is 189 g/mol. The quantitative estimate of drug-likeness (QED) is 0.291. The Kier molecular flexibility index (Phi) is 6.48. The van der Waals surface area contributed by atoms with E-state index in [-0.39, 0.29) is 0 Å². The Balaban J connectivity index is 3.57. The topological polar surface area (TPSA) is 104 Å². The van der Waals surface area contributed by atoms with Crippen LogP contribution in [0.25, 0.3) is 0 Å². The van der Waals surface area contributed by atoms with E-state index in [1.807, 2.05) is 0 Å². The molecule has 0 saturated carbocycles. The molecule has 6 N–H and O–H groups in total. The van der Waals surface area contributed by atoms with Gasteiger partial charge in [0.1, 0.15) is 12.3 Å². The van der Waals surface area contributed by atoms with Crippen molar-refractivity contribution in [3.05, 3.63) is 0 Å². The van der Waals surface area contributed by atoms with Crippen LogP contribution in [0.2, 0.25) is 0 Å². The summed E-state index contributed by atoms with van der Waals surface area (Å²) in [5, 5.41) is 0. The van der Waals surface area contributed by atoms with Crippen LogP contribution in [0.1, 0.15) is 26.2 Å². The highest BCUT2D eigenvalue weighted by atomic mass is 16.6. The number of rotatable bonds is 6. The van der Waals surface area contributed by atoms with Crippen molar-refractivity contribution in [1.82, 2.24) is 0 Å². The maximum Gasteiger partial charge on any atom is 0.324 e. The summed E-state index contributed by atoms with van der Waals surface area (Å²) >= 11 is 0. The summed E-state index contributed by atoms with van der Waals surface area (Å²) in [6.45, 7) is 2.21. The van der Waals surface area contributed by atoms with E-state index in [1.54, 1.807) is 6.92 Å². The summed E-state index contributed by atoms with van der Waals surface area (Å²) in [4.78, 5) is 11.1. The molecule has 0 spiro atoms. The van der Waals surface area contributed by atoms with Crippen molar-refractivity contribution in [2.45, 2.75) is 38.5 Å². The monoisotopic (exact) mass is 189 g/mol. The molecule has 0 heterocycles. The molecule has 0 rings (SSSR count). The van der Waals surface area contributed by atoms with E-state index in [2.05, 4.69) is 0 Å². The number of ether oxygens (including phenoxy) is 1. The lowest BCUT2D eigenvalue weighted by Crippen LogP contribution is -2.36. The van der Waals surface area contributed by atoms with E-state index in [0.717, 1.165) is 12.8 Å². The number of esters is 1. The number of hydrogen-bond acceptors (Lipinski definition) is 5. The molecule has 5 nitrogen and oxygen atoms in total. The zero-order chi connectivity index (χ0) is 10.3. The smallest absolute Gasteiger partial charge is 0.324 e. The summed E-state index contributed by atoms with van der Waals surface area (Å²) in [5.41, 5.74) is 16.1. The van der Waals surface area contributed by atoms with Gasteiger partial charge in [0.15, 0.2) is 0 Å². The van der Waals surface area contributed by atoms with Crippen LogP contribution in [-0.4, -0.2) is 24.8 Å². The lowest BCUT2D eigenvalue weighted by atomic mass is 10.1. The molecule has 5 heteroatoms. The summed E-state index contributed by atoms with van der Waals surface area (Å²) in [6.07, 6.45) is 1.72. The van der Waals surface area contributed by atoms with Gasteiger partial charge in [-0.1, -0.05) is 6.42 Å². The fraction of sp³-hybridized carbons (Fsp3) is 0.875. The third-order valence-corrected chi connectivity index (χ3v) is 1.57. The predicted octanol–water partition coefficient (Wildman–Crippen LogP) is -0.709. The molecule has 0 bridgehead atoms. The SMILES string of the molecule is CC(N)OC(=O)C(N)CCCCN. The zero-order valence-electron chi connectivity index (χ0n) is 8.03. The van der Waals surface area contributed by atoms with Gasteiger partial charge in [-0.25, -0.2) is 0 Å². The molecule has 0 aromatic heterocycles. The Bertz CT molecular complexity index is 150. The van der Waals surface area contributed by atoms with Crippen molar-refractivity contribution in [2.24, 2.45) is 17.2 Å². The maximum absolute atomic E-state index is 11.1. The Morgan fingerprint density at radius 1 is 1.38 bits per heavy atom. The summed E-state index contributed by atoms with van der Waals surface area (Å²) in [6, 6.07) is -0.572. The fourth-order valence-electron chi connectivity index (χ4n) is 0.897. The van der Waals surface area contributed by atoms with Crippen molar-refractivity contribution in [3.63, 3.8) is 0 Å². The molecule has 78 valence electrons. The highest BCUT2D eigenvalue weighted by molar-refractivity contribution is 5.75. The first kappa shape index (κ1) is 12.3. The van der Waals surface area contributed by atoms with E-state index in [4.69, 9.17) is 21.9 Å². The van der Waals surface area contributed by atoms with Crippen LogP contribution in [0, 0.1) is 0 Å². The summed E-state index contributed by atoms with van der Waals surface area (Å²) in [7, 11) is 0. The van der Waals surface area contributed by atoms with Crippen molar-refractivity contribution in [2.75, 3.05) is 6.54 Å². The normalized spacial score (nSPS) is 15.1. The van der Waals surface area contributed by atoms with E-state index < -0.39 is 18.2 Å². The molecule has 0 aromatic rings. The number of unbranched alkanes of at least 4 members (excludes halogenated alkanes) is 1. The second-order valence-electron chi connectivity index (χ2n) is 3.03. The molecule has 0 saturated heterocycles. The van der Waals surface area contributed by atoms with Gasteiger partial charge in [-0.15, -0.1) is 0 Å². The number of carbonyl (C=O) groups excluding carboxylic acids is 1. The van der Waals surface area contributed by atoms with E-state index in [1.165, 1.54) is 0 Å². The van der Waals surface area contributed by atoms with Gasteiger partial charge in [0.2, 0.25) is 0 Å². The maximum atomic E-state index is 11.1. The van der Waals surface area contributed by atoms with Gasteiger partial charge in [0.25, 0.3) is 0 Å². The van der Waals surface area contributed by atoms with E-state index >= 15 is 0 Å². The first-order chi connectivity index (χ1) is 6.07. The van der Waals surface area contributed by atoms with Crippen LogP contribution in [-0.2, 0) is 9.53 Å². The highest BCUT2D eigenvalue weighted by Gasteiger charge is 2.15. The lowest BCUT2D eigenvalue weighted by molar-refractivity contribution is -0.149. The van der Waals surface area contributed by atoms with Gasteiger partial charge in [-0.2, -0.15) is 0 Å². The van der Waals surface area contributed by atoms with Gasteiger partial charge < -0.3 is 16.2 Å². The first-order valence-electron chi connectivity index (χ1n) is 4.49. The molecule has 0 fully saturated rings. The Labute approximate surface area is 78.6 Å². The highest BCUT2D eigenvalue weighted by Crippen LogP contribution is 2.00. The van der Waals surface area contributed by atoms with E-state index in [0.29, 0.717) is 13.0 Å². The van der Waals surface area contributed by atoms with Crippen LogP contribution < -0.4 is 17.2 Å². The molecule has 0 aliphatic rings. The first-order valence-corrected chi connectivity index (χ1v) is 4.49. The average Bonchev–Trinajstić information content (AvgIpc) is 2.03. The molecule has 0 amide bonds. The minimum Gasteiger partial charge on any atom is -0.446 e. The Hall–Kier alpha value is -0.650. The van der Waals surface area contributed by atoms with Crippen molar-refractivity contribution < 1.29 is 9.53 Å². The molecule has 2 atom stereocenters. The van der Waals surface area contributed by atoms with Crippen molar-refractivity contribution >= 4 is 5.97 Å². The minimum absolute atomic E-state index is 0.438. The standard InChI is InChI=1S/C8H19N3O2/c1-6(10)13-8(12)7(11)4-2-3-5-9/h6-7H,2-5,9-11H2,1H3. The lowest BCUT2D eigenvalue weighted by Gasteiger charge is -2.13. The van der Waals surface area contributed by atoms with Gasteiger partial charge in [0, 0.05) is 0 Å². The number of carbonyl (C=O) groups is 1. The Morgan fingerprint density at radius 3 is 2.46 bits per heavy atom. The van der Waals surface area contributed by atoms with Gasteiger partial charge in [0.05, 0.1) is 0 Å². The molecule has 2 unspecified atom stereocenters. The number of hydrogen-bond donors (Lipinski definition) is 3. The van der Waals surface area contributed by atoms with Crippen LogP contribution in [0.15, 0.2) is 0 Å². The van der Waals surface area contributed by atoms with Crippen molar-refractivity contribution in [1.29, 1.82) is 0 Å². The van der Waals surface area contributed by atoms with Crippen LogP contribution in [0.4, 0.5) is 0 Å². The van der Waals surface area contributed by atoms with Crippen LogP contribution >= 0.6 is 0 Å². The second kappa shape index (κ2) is 6.82. The van der Waals surface area contributed by atoms with Crippen molar-refractivity contribution in [3.8, 4) is 0 Å². The molecular weight excluding hydrogens is 170 g/mol. The second-order valence-corrected chi connectivity index (χ2v) is 3.03. The van der Waals surface area contributed by atoms with Gasteiger partial charge in [-0.3, -0.25) is 10.5 Å². The molecule has 0 aliphatic carbocycles. The molecule has 0 aliphatic heterocycles. The van der Waals surface area contributed by atoms with Crippen LogP contribution in [0.5, 0.6) is 0 Å². The molecule has 0 aromatic carbocycles. The summed E-state index contributed by atoms with van der Waals surface area (Å²) in [5.74, 6) is -0.438. The minimum atomic E-state index is -0.590. The zero-order valence-corrected chi connectivity index (χ0v) is 8.03. The number of nitrogens with two attached hydrogens (primary N) is 3. The molecular formula is C8H19N3O2. The van der Waals surface area contributed by atoms with Gasteiger partial charge >= 0.3 is 5.97 Å². The third-order valence-electron chi connectivity index (χ3n) is 1.57. The Morgan fingerprint density at radius 2 is 2.00 bits per heavy atom.